The van der Waals surface area contributed by atoms with E-state index in [1.165, 1.54) is 16.7 Å². The Bertz CT molecular complexity index is 1700. The minimum Gasteiger partial charge on any atom is -0.494 e. The molecule has 0 radical (unpaired) electrons. The zero-order chi connectivity index (χ0) is 33.8. The summed E-state index contributed by atoms with van der Waals surface area (Å²) in [6.45, 7) is 6.33. The van der Waals surface area contributed by atoms with Gasteiger partial charge in [0.1, 0.15) is 18.3 Å². The number of sulfonamides is 1. The van der Waals surface area contributed by atoms with Gasteiger partial charge in [-0.05, 0) is 86.2 Å². The van der Waals surface area contributed by atoms with E-state index in [0.717, 1.165) is 32.3 Å². The van der Waals surface area contributed by atoms with Gasteiger partial charge < -0.3 is 15.0 Å². The fourth-order valence-electron chi connectivity index (χ4n) is 5.09. The first-order chi connectivity index (χ1) is 22.7. The summed E-state index contributed by atoms with van der Waals surface area (Å²) in [5, 5.41) is 2.97. The lowest BCUT2D eigenvalue weighted by Crippen LogP contribution is -2.53. The normalized spacial score (nSPS) is 11.8. The van der Waals surface area contributed by atoms with Crippen molar-refractivity contribution in [1.82, 2.24) is 10.2 Å². The molecule has 0 saturated heterocycles. The van der Waals surface area contributed by atoms with E-state index >= 15 is 0 Å². The molecule has 0 spiro atoms. The van der Waals surface area contributed by atoms with E-state index < -0.39 is 28.5 Å². The molecule has 0 aliphatic carbocycles. The van der Waals surface area contributed by atoms with Gasteiger partial charge in [0.25, 0.3) is 10.0 Å². The van der Waals surface area contributed by atoms with Gasteiger partial charge in [-0.1, -0.05) is 67.1 Å². The van der Waals surface area contributed by atoms with E-state index in [2.05, 4.69) is 5.32 Å². The monoisotopic (exact) mass is 673 g/mol. The number of nitrogens with zero attached hydrogens (tertiary/aromatic N) is 2. The molecule has 10 heteroatoms. The van der Waals surface area contributed by atoms with Gasteiger partial charge in [0.15, 0.2) is 0 Å². The van der Waals surface area contributed by atoms with Gasteiger partial charge in [0, 0.05) is 24.4 Å². The summed E-state index contributed by atoms with van der Waals surface area (Å²) in [6.07, 6.45) is 2.91. The van der Waals surface area contributed by atoms with E-state index in [4.69, 9.17) is 4.74 Å². The highest BCUT2D eigenvalue weighted by molar-refractivity contribution is 7.98. The third-order valence-corrected chi connectivity index (χ3v) is 10.2. The molecule has 0 aliphatic rings. The van der Waals surface area contributed by atoms with Crippen LogP contribution in [-0.2, 0) is 32.6 Å². The number of aryl methyl sites for hydroxylation is 1. The molecule has 4 aromatic carbocycles. The van der Waals surface area contributed by atoms with Crippen molar-refractivity contribution in [2.75, 3.05) is 30.3 Å². The summed E-state index contributed by atoms with van der Waals surface area (Å²) in [7, 11) is -4.20. The first kappa shape index (κ1) is 35.6. The quantitative estimate of drug-likeness (QED) is 0.137. The summed E-state index contributed by atoms with van der Waals surface area (Å²) in [6, 6.07) is 29.6. The molecule has 0 heterocycles. The molecule has 4 rings (SSSR count). The van der Waals surface area contributed by atoms with Crippen LogP contribution in [0, 0.1) is 6.92 Å². The molecule has 0 aromatic heterocycles. The number of hydrogen-bond acceptors (Lipinski definition) is 6. The van der Waals surface area contributed by atoms with Crippen LogP contribution in [0.5, 0.6) is 5.75 Å². The SMILES string of the molecule is CCCNC(=O)[C@H](Cc1ccccc1)N(Cc1ccc(C)cc1)C(=O)CN(c1ccc(OCC)cc1)S(=O)(=O)c1ccc(SC)cc1. The fraction of sp³-hybridized carbons (Fsp3) is 0.297. The largest absolute Gasteiger partial charge is 0.494 e. The van der Waals surface area contributed by atoms with Crippen LogP contribution in [0.4, 0.5) is 5.69 Å². The standard InChI is InChI=1S/C37H43N3O5S2/c1-5-24-38-37(42)35(25-29-10-8-7-9-11-29)39(26-30-14-12-28(3)13-15-30)36(41)27-40(31-16-18-32(19-17-31)45-6-2)47(43,44)34-22-20-33(46-4)21-23-34/h7-23,35H,5-6,24-27H2,1-4H3,(H,38,42)/t35-/m0/s1. The molecule has 0 fully saturated rings. The van der Waals surface area contributed by atoms with Gasteiger partial charge in [-0.15, -0.1) is 11.8 Å². The highest BCUT2D eigenvalue weighted by Gasteiger charge is 2.34. The van der Waals surface area contributed by atoms with Crippen molar-refractivity contribution in [3.05, 3.63) is 120 Å². The van der Waals surface area contributed by atoms with Gasteiger partial charge in [-0.2, -0.15) is 0 Å². The van der Waals surface area contributed by atoms with E-state index in [1.807, 2.05) is 81.6 Å². The molecule has 248 valence electrons. The molecular weight excluding hydrogens is 631 g/mol. The molecule has 2 amide bonds. The highest BCUT2D eigenvalue weighted by Crippen LogP contribution is 2.28. The number of ether oxygens (including phenoxy) is 1. The van der Waals surface area contributed by atoms with Gasteiger partial charge >= 0.3 is 0 Å². The molecule has 1 N–H and O–H groups in total. The Morgan fingerprint density at radius 3 is 2.11 bits per heavy atom. The molecule has 8 nitrogen and oxygen atoms in total. The Morgan fingerprint density at radius 2 is 1.51 bits per heavy atom. The van der Waals surface area contributed by atoms with Crippen LogP contribution in [0.3, 0.4) is 0 Å². The predicted octanol–water partition coefficient (Wildman–Crippen LogP) is 6.48. The predicted molar refractivity (Wildman–Crippen MR) is 189 cm³/mol. The third-order valence-electron chi connectivity index (χ3n) is 7.66. The smallest absolute Gasteiger partial charge is 0.264 e. The summed E-state index contributed by atoms with van der Waals surface area (Å²) >= 11 is 1.51. The van der Waals surface area contributed by atoms with Crippen LogP contribution in [0.2, 0.25) is 0 Å². The van der Waals surface area contributed by atoms with Crippen LogP contribution in [0.25, 0.3) is 0 Å². The lowest BCUT2D eigenvalue weighted by atomic mass is 10.0. The van der Waals surface area contributed by atoms with Crippen LogP contribution in [0.15, 0.2) is 113 Å². The lowest BCUT2D eigenvalue weighted by molar-refractivity contribution is -0.140. The molecular formula is C37H43N3O5S2. The van der Waals surface area contributed by atoms with Gasteiger partial charge in [0.2, 0.25) is 11.8 Å². The Morgan fingerprint density at radius 1 is 0.851 bits per heavy atom. The molecule has 47 heavy (non-hydrogen) atoms. The zero-order valence-electron chi connectivity index (χ0n) is 27.4. The maximum absolute atomic E-state index is 14.6. The number of amides is 2. The topological polar surface area (TPSA) is 96.0 Å². The first-order valence-electron chi connectivity index (χ1n) is 15.7. The average Bonchev–Trinajstić information content (AvgIpc) is 3.09. The van der Waals surface area contributed by atoms with Gasteiger partial charge in [-0.25, -0.2) is 8.42 Å². The number of hydrogen-bond donors (Lipinski definition) is 1. The number of rotatable bonds is 16. The van der Waals surface area contributed by atoms with Crippen LogP contribution in [-0.4, -0.2) is 57.1 Å². The maximum Gasteiger partial charge on any atom is 0.264 e. The maximum atomic E-state index is 14.6. The molecule has 0 unspecified atom stereocenters. The average molecular weight is 674 g/mol. The van der Waals surface area contributed by atoms with Gasteiger partial charge in [0.05, 0.1) is 17.2 Å². The lowest BCUT2D eigenvalue weighted by Gasteiger charge is -2.34. The summed E-state index contributed by atoms with van der Waals surface area (Å²) < 4.78 is 35.2. The Hall–Kier alpha value is -4.28. The van der Waals surface area contributed by atoms with Crippen molar-refractivity contribution in [3.63, 3.8) is 0 Å². The van der Waals surface area contributed by atoms with E-state index in [9.17, 15) is 18.0 Å². The van der Waals surface area contributed by atoms with E-state index in [0.29, 0.717) is 24.6 Å². The summed E-state index contributed by atoms with van der Waals surface area (Å²) in [4.78, 5) is 30.8. The minimum atomic E-state index is -4.20. The Balaban J connectivity index is 1.79. The molecule has 1 atom stereocenters. The summed E-state index contributed by atoms with van der Waals surface area (Å²) in [5.41, 5.74) is 3.08. The van der Waals surface area contributed by atoms with Crippen LogP contribution >= 0.6 is 11.8 Å². The Kier molecular flexibility index (Phi) is 12.9. The number of anilines is 1. The second-order valence-electron chi connectivity index (χ2n) is 11.1. The van der Waals surface area contributed by atoms with Crippen LogP contribution in [0.1, 0.15) is 37.0 Å². The summed E-state index contributed by atoms with van der Waals surface area (Å²) in [5.74, 6) is -0.212. The number of carbonyl (C=O) groups is 2. The first-order valence-corrected chi connectivity index (χ1v) is 18.4. The van der Waals surface area contributed by atoms with Crippen molar-refractivity contribution in [2.24, 2.45) is 0 Å². The highest BCUT2D eigenvalue weighted by atomic mass is 32.2. The second kappa shape index (κ2) is 17.0. The van der Waals surface area contributed by atoms with Crippen molar-refractivity contribution in [3.8, 4) is 5.75 Å². The van der Waals surface area contributed by atoms with Crippen molar-refractivity contribution >= 4 is 39.3 Å². The second-order valence-corrected chi connectivity index (χ2v) is 13.9. The number of carbonyl (C=O) groups excluding carboxylic acids is 2. The molecule has 0 saturated carbocycles. The minimum absolute atomic E-state index is 0.0589. The van der Waals surface area contributed by atoms with E-state index in [-0.39, 0.29) is 23.8 Å². The third kappa shape index (κ3) is 9.62. The van der Waals surface area contributed by atoms with Crippen molar-refractivity contribution < 1.29 is 22.7 Å². The number of nitrogens with one attached hydrogen (secondary N) is 1. The van der Waals surface area contributed by atoms with Crippen molar-refractivity contribution in [1.29, 1.82) is 0 Å². The molecule has 0 aliphatic heterocycles. The number of benzene rings is 4. The molecule has 4 aromatic rings. The number of thioether (sulfide) groups is 1. The fourth-order valence-corrected chi connectivity index (χ4v) is 6.91. The van der Waals surface area contributed by atoms with Crippen molar-refractivity contribution in [2.45, 2.75) is 56.0 Å². The Labute approximate surface area is 283 Å². The van der Waals surface area contributed by atoms with Gasteiger partial charge in [-0.3, -0.25) is 13.9 Å². The zero-order valence-corrected chi connectivity index (χ0v) is 29.0. The molecule has 0 bridgehead atoms. The van der Waals surface area contributed by atoms with Crippen LogP contribution < -0.4 is 14.4 Å². The van der Waals surface area contributed by atoms with E-state index in [1.54, 1.807) is 48.5 Å².